The van der Waals surface area contributed by atoms with Crippen molar-refractivity contribution in [2.24, 2.45) is 5.92 Å². The Morgan fingerprint density at radius 1 is 1.50 bits per heavy atom. The number of carbonyl (C=O) groups is 1. The summed E-state index contributed by atoms with van der Waals surface area (Å²) in [5.41, 5.74) is -1.59. The number of hydrogen-bond acceptors (Lipinski definition) is 4. The van der Waals surface area contributed by atoms with E-state index in [4.69, 9.17) is 4.74 Å². The molecular weight excluding hydrogens is 208 g/mol. The highest BCUT2D eigenvalue weighted by Gasteiger charge is 2.43. The van der Waals surface area contributed by atoms with Crippen LogP contribution >= 0.6 is 0 Å². The average Bonchev–Trinajstić information content (AvgIpc) is 2.07. The Bertz CT molecular complexity index is 270. The van der Waals surface area contributed by atoms with Gasteiger partial charge in [-0.3, -0.25) is 4.79 Å². The van der Waals surface area contributed by atoms with E-state index in [1.807, 2.05) is 13.8 Å². The zero-order valence-electron chi connectivity index (χ0n) is 10.5. The third-order valence-electron chi connectivity index (χ3n) is 3.61. The van der Waals surface area contributed by atoms with Crippen LogP contribution in [0.15, 0.2) is 0 Å². The van der Waals surface area contributed by atoms with Gasteiger partial charge in [-0.2, -0.15) is 0 Å². The summed E-state index contributed by atoms with van der Waals surface area (Å²) in [5, 5.41) is 19.7. The lowest BCUT2D eigenvalue weighted by Gasteiger charge is -2.43. The first-order chi connectivity index (χ1) is 7.15. The molecule has 1 aliphatic rings. The maximum atomic E-state index is 11.0. The molecule has 2 unspecified atom stereocenters. The first kappa shape index (κ1) is 13.5. The number of aliphatic hydroxyl groups excluding tert-OH is 1. The lowest BCUT2D eigenvalue weighted by atomic mass is 9.72. The molecule has 0 bridgehead atoms. The van der Waals surface area contributed by atoms with E-state index in [-0.39, 0.29) is 11.9 Å². The molecule has 1 aliphatic carbocycles. The summed E-state index contributed by atoms with van der Waals surface area (Å²) in [4.78, 5) is 11.0. The van der Waals surface area contributed by atoms with Gasteiger partial charge in [-0.05, 0) is 40.0 Å². The number of esters is 1. The van der Waals surface area contributed by atoms with Gasteiger partial charge in [-0.25, -0.2) is 0 Å². The van der Waals surface area contributed by atoms with Gasteiger partial charge in [0.15, 0.2) is 0 Å². The second-order valence-corrected chi connectivity index (χ2v) is 5.54. The molecule has 0 saturated heterocycles. The summed E-state index contributed by atoms with van der Waals surface area (Å²) in [6, 6.07) is 0. The van der Waals surface area contributed by atoms with E-state index in [1.165, 1.54) is 6.92 Å². The van der Waals surface area contributed by atoms with Crippen LogP contribution in [0.25, 0.3) is 0 Å². The summed E-state index contributed by atoms with van der Waals surface area (Å²) >= 11 is 0. The molecule has 16 heavy (non-hydrogen) atoms. The van der Waals surface area contributed by atoms with Gasteiger partial charge in [0.2, 0.25) is 0 Å². The fourth-order valence-electron chi connectivity index (χ4n) is 2.36. The zero-order valence-corrected chi connectivity index (χ0v) is 10.5. The van der Waals surface area contributed by atoms with Crippen LogP contribution in [-0.2, 0) is 9.53 Å². The first-order valence-corrected chi connectivity index (χ1v) is 5.75. The van der Waals surface area contributed by atoms with Gasteiger partial charge in [0, 0.05) is 12.8 Å². The summed E-state index contributed by atoms with van der Waals surface area (Å²) in [7, 11) is 0. The molecule has 0 aromatic rings. The molecule has 4 heteroatoms. The quantitative estimate of drug-likeness (QED) is 0.700. The first-order valence-electron chi connectivity index (χ1n) is 5.75. The third-order valence-corrected chi connectivity index (χ3v) is 3.61. The van der Waals surface area contributed by atoms with Crippen molar-refractivity contribution in [2.75, 3.05) is 0 Å². The maximum absolute atomic E-state index is 11.0. The van der Waals surface area contributed by atoms with Crippen molar-refractivity contribution in [1.29, 1.82) is 0 Å². The minimum Gasteiger partial charge on any atom is -0.460 e. The molecule has 3 atom stereocenters. The van der Waals surface area contributed by atoms with Crippen molar-refractivity contribution in [3.05, 3.63) is 0 Å². The van der Waals surface area contributed by atoms with E-state index in [9.17, 15) is 15.0 Å². The van der Waals surface area contributed by atoms with Crippen molar-refractivity contribution >= 4 is 5.97 Å². The molecule has 0 radical (unpaired) electrons. The van der Waals surface area contributed by atoms with Gasteiger partial charge in [-0.15, -0.1) is 0 Å². The normalized spacial score (nSPS) is 35.9. The largest absolute Gasteiger partial charge is 0.460 e. The molecule has 1 rings (SSSR count). The number of aliphatic hydroxyl groups is 2. The Kier molecular flexibility index (Phi) is 3.65. The Balaban J connectivity index is 2.67. The Morgan fingerprint density at radius 3 is 2.50 bits per heavy atom. The number of carbonyl (C=O) groups excluding carboxylic acids is 1. The highest BCUT2D eigenvalue weighted by molar-refractivity contribution is 5.66. The Hall–Kier alpha value is -0.610. The molecule has 0 heterocycles. The molecule has 0 amide bonds. The second kappa shape index (κ2) is 4.34. The van der Waals surface area contributed by atoms with Gasteiger partial charge >= 0.3 is 5.97 Å². The van der Waals surface area contributed by atoms with E-state index in [1.54, 1.807) is 6.92 Å². The summed E-state index contributed by atoms with van der Waals surface area (Å²) < 4.78 is 5.26. The molecule has 0 aromatic heterocycles. The second-order valence-electron chi connectivity index (χ2n) is 5.54. The molecular formula is C12H22O4. The molecule has 0 spiro atoms. The van der Waals surface area contributed by atoms with Crippen molar-refractivity contribution in [3.63, 3.8) is 0 Å². The number of rotatable bonds is 2. The lowest BCUT2D eigenvalue weighted by molar-refractivity contribution is -0.169. The van der Waals surface area contributed by atoms with Crippen molar-refractivity contribution in [2.45, 2.75) is 64.3 Å². The van der Waals surface area contributed by atoms with Crippen LogP contribution in [-0.4, -0.2) is 33.5 Å². The predicted molar refractivity (Wildman–Crippen MR) is 59.8 cm³/mol. The Labute approximate surface area is 96.6 Å². The standard InChI is InChI=1S/C12H22O4/c1-8(13)16-11(2,3)9-5-6-12(4,15)10(14)7-9/h9-10,14-15H,5-7H2,1-4H3/t9-,10?,12?/m1/s1. The van der Waals surface area contributed by atoms with Gasteiger partial charge in [0.1, 0.15) is 5.60 Å². The SMILES string of the molecule is CC(=O)OC(C)(C)[C@@H]1CCC(C)(O)C(O)C1. The van der Waals surface area contributed by atoms with E-state index in [0.29, 0.717) is 12.8 Å². The van der Waals surface area contributed by atoms with Crippen molar-refractivity contribution in [3.8, 4) is 0 Å². The molecule has 4 nitrogen and oxygen atoms in total. The van der Waals surface area contributed by atoms with Crippen LogP contribution in [0, 0.1) is 5.92 Å². The van der Waals surface area contributed by atoms with Crippen LogP contribution in [0.5, 0.6) is 0 Å². The van der Waals surface area contributed by atoms with Crippen LogP contribution < -0.4 is 0 Å². The predicted octanol–water partition coefficient (Wildman–Crippen LogP) is 1.24. The number of ether oxygens (including phenoxy) is 1. The minimum atomic E-state index is -1.01. The van der Waals surface area contributed by atoms with Crippen LogP contribution in [0.4, 0.5) is 0 Å². The third kappa shape index (κ3) is 2.95. The van der Waals surface area contributed by atoms with Crippen molar-refractivity contribution in [1.82, 2.24) is 0 Å². The van der Waals surface area contributed by atoms with E-state index < -0.39 is 17.3 Å². The van der Waals surface area contributed by atoms with Gasteiger partial charge in [0.05, 0.1) is 11.7 Å². The zero-order chi connectivity index (χ0) is 12.6. The van der Waals surface area contributed by atoms with Gasteiger partial charge < -0.3 is 14.9 Å². The van der Waals surface area contributed by atoms with E-state index in [0.717, 1.165) is 6.42 Å². The molecule has 1 fully saturated rings. The smallest absolute Gasteiger partial charge is 0.303 e. The lowest BCUT2D eigenvalue weighted by Crippen LogP contribution is -2.49. The average molecular weight is 230 g/mol. The monoisotopic (exact) mass is 230 g/mol. The van der Waals surface area contributed by atoms with Gasteiger partial charge in [-0.1, -0.05) is 0 Å². The molecule has 2 N–H and O–H groups in total. The molecule has 94 valence electrons. The van der Waals surface area contributed by atoms with Crippen LogP contribution in [0.1, 0.15) is 47.0 Å². The summed E-state index contributed by atoms with van der Waals surface area (Å²) in [6.07, 6.45) is 1.00. The van der Waals surface area contributed by atoms with Crippen LogP contribution in [0.3, 0.4) is 0 Å². The highest BCUT2D eigenvalue weighted by atomic mass is 16.6. The van der Waals surface area contributed by atoms with Crippen molar-refractivity contribution < 1.29 is 19.7 Å². The summed E-state index contributed by atoms with van der Waals surface area (Å²) in [6.45, 7) is 6.74. The molecule has 0 aliphatic heterocycles. The van der Waals surface area contributed by atoms with E-state index in [2.05, 4.69) is 0 Å². The fraction of sp³-hybridized carbons (Fsp3) is 0.917. The topological polar surface area (TPSA) is 66.8 Å². The maximum Gasteiger partial charge on any atom is 0.303 e. The molecule has 0 aromatic carbocycles. The molecule has 1 saturated carbocycles. The minimum absolute atomic E-state index is 0.0895. The summed E-state index contributed by atoms with van der Waals surface area (Å²) in [5.74, 6) is -0.219. The van der Waals surface area contributed by atoms with Crippen LogP contribution in [0.2, 0.25) is 0 Å². The fourth-order valence-corrected chi connectivity index (χ4v) is 2.36. The highest BCUT2D eigenvalue weighted by Crippen LogP contribution is 2.39. The van der Waals surface area contributed by atoms with Gasteiger partial charge in [0.25, 0.3) is 0 Å². The Morgan fingerprint density at radius 2 is 2.06 bits per heavy atom. The number of hydrogen-bond donors (Lipinski definition) is 2. The van der Waals surface area contributed by atoms with E-state index >= 15 is 0 Å².